The summed E-state index contributed by atoms with van der Waals surface area (Å²) >= 11 is 3.30. The average molecular weight is 244 g/mol. The van der Waals surface area contributed by atoms with Gasteiger partial charge in [0.15, 0.2) is 0 Å². The highest BCUT2D eigenvalue weighted by atomic mass is 79.9. The Morgan fingerprint density at radius 3 is 2.92 bits per heavy atom. The first kappa shape index (κ1) is 10.4. The molecule has 3 nitrogen and oxygen atoms in total. The zero-order valence-corrected chi connectivity index (χ0v) is 9.50. The lowest BCUT2D eigenvalue weighted by atomic mass is 10.2. The summed E-state index contributed by atoms with van der Waals surface area (Å²) in [5.74, 6) is 0.878. The largest absolute Gasteiger partial charge is 0.367 e. The Morgan fingerprint density at radius 2 is 2.31 bits per heavy atom. The fourth-order valence-electron chi connectivity index (χ4n) is 1.17. The lowest BCUT2D eigenvalue weighted by Crippen LogP contribution is -2.15. The summed E-state index contributed by atoms with van der Waals surface area (Å²) in [6.07, 6.45) is 3.88. The van der Waals surface area contributed by atoms with E-state index in [-0.39, 0.29) is 0 Å². The highest BCUT2D eigenvalue weighted by Crippen LogP contribution is 2.11. The number of halogens is 1. The van der Waals surface area contributed by atoms with Crippen LogP contribution in [0.15, 0.2) is 17.0 Å². The Labute approximate surface area is 87.1 Å². The van der Waals surface area contributed by atoms with Crippen LogP contribution in [0.5, 0.6) is 0 Å². The van der Waals surface area contributed by atoms with Crippen LogP contribution in [-0.4, -0.2) is 16.0 Å². The van der Waals surface area contributed by atoms with Gasteiger partial charge in [0, 0.05) is 12.1 Å². The van der Waals surface area contributed by atoms with Crippen LogP contribution in [0.2, 0.25) is 0 Å². The quantitative estimate of drug-likeness (QED) is 0.827. The van der Waals surface area contributed by atoms with Crippen LogP contribution in [0.3, 0.4) is 0 Å². The lowest BCUT2D eigenvalue weighted by molar-refractivity contribution is 0.687. The Hall–Kier alpha value is -0.640. The summed E-state index contributed by atoms with van der Waals surface area (Å²) in [5.41, 5.74) is 0. The molecule has 1 unspecified atom stereocenters. The van der Waals surface area contributed by atoms with E-state index < -0.39 is 0 Å². The molecule has 0 aliphatic carbocycles. The van der Waals surface area contributed by atoms with E-state index in [1.807, 2.05) is 6.07 Å². The van der Waals surface area contributed by atoms with E-state index in [1.165, 1.54) is 6.42 Å². The van der Waals surface area contributed by atoms with Gasteiger partial charge >= 0.3 is 0 Å². The molecule has 1 rings (SSSR count). The third-order valence-corrected chi connectivity index (χ3v) is 2.18. The monoisotopic (exact) mass is 243 g/mol. The lowest BCUT2D eigenvalue weighted by Gasteiger charge is -2.12. The van der Waals surface area contributed by atoms with Crippen molar-refractivity contribution in [2.75, 3.05) is 5.32 Å². The molecule has 0 saturated carbocycles. The van der Waals surface area contributed by atoms with Gasteiger partial charge in [-0.15, -0.1) is 0 Å². The average Bonchev–Trinajstić information content (AvgIpc) is 2.04. The van der Waals surface area contributed by atoms with Crippen LogP contribution in [0.4, 0.5) is 5.82 Å². The van der Waals surface area contributed by atoms with E-state index in [0.717, 1.165) is 16.8 Å². The molecule has 1 heterocycles. The first-order chi connectivity index (χ1) is 6.22. The van der Waals surface area contributed by atoms with Gasteiger partial charge < -0.3 is 5.32 Å². The summed E-state index contributed by atoms with van der Waals surface area (Å²) in [6.45, 7) is 4.33. The summed E-state index contributed by atoms with van der Waals surface area (Å²) < 4.78 is 0.814. The number of anilines is 1. The first-order valence-corrected chi connectivity index (χ1v) is 5.25. The summed E-state index contributed by atoms with van der Waals surface area (Å²) in [4.78, 5) is 8.07. The summed E-state index contributed by atoms with van der Waals surface area (Å²) in [7, 11) is 0. The fraction of sp³-hybridized carbons (Fsp3) is 0.556. The molecule has 4 heteroatoms. The van der Waals surface area contributed by atoms with E-state index in [4.69, 9.17) is 0 Å². The second-order valence-corrected chi connectivity index (χ2v) is 3.87. The van der Waals surface area contributed by atoms with Crippen LogP contribution < -0.4 is 5.32 Å². The van der Waals surface area contributed by atoms with Gasteiger partial charge in [-0.1, -0.05) is 13.3 Å². The smallest absolute Gasteiger partial charge is 0.130 e. The van der Waals surface area contributed by atoms with Gasteiger partial charge in [0.2, 0.25) is 0 Å². The predicted octanol–water partition coefficient (Wildman–Crippen LogP) is 2.84. The van der Waals surface area contributed by atoms with E-state index in [1.54, 1.807) is 6.33 Å². The second kappa shape index (κ2) is 5.17. The van der Waals surface area contributed by atoms with Crippen LogP contribution >= 0.6 is 15.9 Å². The molecule has 1 N–H and O–H groups in total. The summed E-state index contributed by atoms with van der Waals surface area (Å²) in [5, 5.41) is 3.30. The molecule has 0 spiro atoms. The number of nitrogens with zero attached hydrogens (tertiary/aromatic N) is 2. The molecule has 0 bridgehead atoms. The van der Waals surface area contributed by atoms with Crippen molar-refractivity contribution >= 4 is 21.7 Å². The van der Waals surface area contributed by atoms with Crippen LogP contribution in [0, 0.1) is 0 Å². The van der Waals surface area contributed by atoms with E-state index in [2.05, 4.69) is 45.1 Å². The van der Waals surface area contributed by atoms with Crippen molar-refractivity contribution in [3.05, 3.63) is 17.0 Å². The molecular weight excluding hydrogens is 230 g/mol. The molecule has 72 valence electrons. The molecule has 0 aliphatic rings. The molecule has 1 aromatic heterocycles. The third-order valence-electron chi connectivity index (χ3n) is 1.75. The Morgan fingerprint density at radius 1 is 1.54 bits per heavy atom. The minimum atomic E-state index is 0.465. The molecule has 0 aromatic carbocycles. The van der Waals surface area contributed by atoms with Gasteiger partial charge in [-0.2, -0.15) is 0 Å². The van der Waals surface area contributed by atoms with Crippen molar-refractivity contribution < 1.29 is 0 Å². The fourth-order valence-corrected chi connectivity index (χ4v) is 1.48. The van der Waals surface area contributed by atoms with Gasteiger partial charge in [0.1, 0.15) is 16.7 Å². The normalized spacial score (nSPS) is 12.5. The maximum atomic E-state index is 4.11. The van der Waals surface area contributed by atoms with Crippen LogP contribution in [0.1, 0.15) is 26.7 Å². The standard InChI is InChI=1S/C9H14BrN3/c1-3-4-7(2)13-9-5-8(10)11-6-12-9/h5-7H,3-4H2,1-2H3,(H,11,12,13). The number of aromatic nitrogens is 2. The minimum absolute atomic E-state index is 0.465. The van der Waals surface area contributed by atoms with Crippen molar-refractivity contribution in [2.45, 2.75) is 32.7 Å². The molecule has 0 amide bonds. The van der Waals surface area contributed by atoms with E-state index >= 15 is 0 Å². The highest BCUT2D eigenvalue weighted by Gasteiger charge is 2.01. The summed E-state index contributed by atoms with van der Waals surface area (Å²) in [6, 6.07) is 2.35. The van der Waals surface area contributed by atoms with Gasteiger partial charge in [-0.25, -0.2) is 9.97 Å². The molecule has 0 radical (unpaired) electrons. The Bertz CT molecular complexity index is 265. The van der Waals surface area contributed by atoms with Crippen LogP contribution in [-0.2, 0) is 0 Å². The predicted molar refractivity (Wildman–Crippen MR) is 57.7 cm³/mol. The number of nitrogens with one attached hydrogen (secondary N) is 1. The molecule has 1 aromatic rings. The minimum Gasteiger partial charge on any atom is -0.367 e. The van der Waals surface area contributed by atoms with Gasteiger partial charge in [-0.05, 0) is 29.3 Å². The highest BCUT2D eigenvalue weighted by molar-refractivity contribution is 9.10. The topological polar surface area (TPSA) is 37.8 Å². The van der Waals surface area contributed by atoms with Crippen molar-refractivity contribution in [2.24, 2.45) is 0 Å². The number of hydrogen-bond donors (Lipinski definition) is 1. The molecule has 0 fully saturated rings. The maximum absolute atomic E-state index is 4.11. The second-order valence-electron chi connectivity index (χ2n) is 3.06. The van der Waals surface area contributed by atoms with E-state index in [0.29, 0.717) is 6.04 Å². The first-order valence-electron chi connectivity index (χ1n) is 4.46. The van der Waals surface area contributed by atoms with Crippen molar-refractivity contribution in [1.82, 2.24) is 9.97 Å². The molecular formula is C9H14BrN3. The van der Waals surface area contributed by atoms with Gasteiger partial charge in [-0.3, -0.25) is 0 Å². The van der Waals surface area contributed by atoms with Crippen molar-refractivity contribution in [3.63, 3.8) is 0 Å². The third kappa shape index (κ3) is 3.72. The molecule has 0 aliphatic heterocycles. The van der Waals surface area contributed by atoms with E-state index in [9.17, 15) is 0 Å². The zero-order chi connectivity index (χ0) is 9.68. The van der Waals surface area contributed by atoms with Crippen molar-refractivity contribution in [1.29, 1.82) is 0 Å². The molecule has 1 atom stereocenters. The Balaban J connectivity index is 2.53. The molecule has 0 saturated heterocycles. The van der Waals surface area contributed by atoms with Gasteiger partial charge in [0.05, 0.1) is 0 Å². The number of hydrogen-bond acceptors (Lipinski definition) is 3. The Kier molecular flexibility index (Phi) is 4.15. The van der Waals surface area contributed by atoms with Crippen molar-refractivity contribution in [3.8, 4) is 0 Å². The maximum Gasteiger partial charge on any atom is 0.130 e. The number of rotatable bonds is 4. The van der Waals surface area contributed by atoms with Crippen LogP contribution in [0.25, 0.3) is 0 Å². The van der Waals surface area contributed by atoms with Gasteiger partial charge in [0.25, 0.3) is 0 Å². The molecule has 13 heavy (non-hydrogen) atoms. The SMILES string of the molecule is CCCC(C)Nc1cc(Br)ncn1. The zero-order valence-electron chi connectivity index (χ0n) is 7.92.